The lowest BCUT2D eigenvalue weighted by atomic mass is 9.67. The molecule has 0 aliphatic heterocycles. The fourth-order valence-electron chi connectivity index (χ4n) is 9.81. The van der Waals surface area contributed by atoms with Gasteiger partial charge in [-0.2, -0.15) is 0 Å². The van der Waals surface area contributed by atoms with Crippen molar-refractivity contribution >= 4 is 34.1 Å². The number of fused-ring (bicyclic) bond motifs is 3. The summed E-state index contributed by atoms with van der Waals surface area (Å²) in [7, 11) is 0. The third-order valence-corrected chi connectivity index (χ3v) is 12.5. The fraction of sp³-hybridized carbons (Fsp3) is 0.294. The fourth-order valence-corrected chi connectivity index (χ4v) is 9.81. The molecule has 2 nitrogen and oxygen atoms in total. The van der Waals surface area contributed by atoms with Gasteiger partial charge >= 0.3 is 0 Å². The number of hydrogen-bond acceptors (Lipinski definition) is 2. The molecule has 466 valence electrons. The third-order valence-electron chi connectivity index (χ3n) is 12.5. The lowest BCUT2D eigenvalue weighted by Gasteiger charge is -2.36. The van der Waals surface area contributed by atoms with E-state index in [-0.39, 0.29) is 0 Å². The SMILES string of the molecule is CC.CC.CC.CC.CC.CC.CC.CC.CC.CC.CC.CC.c1ccc(-c2ccccc2N(c2ccccc2)c2ccc3c(c2)C(c2ccccc2)(c2ccccc2)c2cc(N(c4ccccc4)c4ccccc4-c4ccccc4)ccc2-3)cc1. The van der Waals surface area contributed by atoms with Crippen LogP contribution in [0.4, 0.5) is 34.1 Å². The zero-order valence-electron chi connectivity index (χ0n) is 58.8. The molecule has 10 aromatic rings. The van der Waals surface area contributed by atoms with E-state index in [1.165, 1.54) is 55.6 Å². The smallest absolute Gasteiger partial charge is 0.0715 e. The molecule has 0 heterocycles. The lowest BCUT2D eigenvalue weighted by molar-refractivity contribution is 0.768. The summed E-state index contributed by atoms with van der Waals surface area (Å²) in [6.45, 7) is 48.0. The molecule has 0 amide bonds. The van der Waals surface area contributed by atoms with Crippen LogP contribution in [0.2, 0.25) is 0 Å². The average molecular weight is 1170 g/mol. The number of benzene rings is 10. The first-order chi connectivity index (χ1) is 43.3. The van der Waals surface area contributed by atoms with Gasteiger partial charge in [0.15, 0.2) is 0 Å². The summed E-state index contributed by atoms with van der Waals surface area (Å²) in [6.07, 6.45) is 0. The number of hydrogen-bond donors (Lipinski definition) is 0. The zero-order valence-corrected chi connectivity index (χ0v) is 58.8. The first-order valence-corrected chi connectivity index (χ1v) is 33.7. The van der Waals surface area contributed by atoms with E-state index in [1.807, 2.05) is 166 Å². The van der Waals surface area contributed by atoms with Gasteiger partial charge in [-0.05, 0) is 105 Å². The van der Waals surface area contributed by atoms with Crippen molar-refractivity contribution in [1.29, 1.82) is 0 Å². The van der Waals surface area contributed by atoms with Crippen LogP contribution in [0, 0.1) is 0 Å². The van der Waals surface area contributed by atoms with E-state index >= 15 is 0 Å². The van der Waals surface area contributed by atoms with Gasteiger partial charge in [-0.15, -0.1) is 0 Å². The largest absolute Gasteiger partial charge is 0.310 e. The highest BCUT2D eigenvalue weighted by molar-refractivity contribution is 5.95. The highest BCUT2D eigenvalue weighted by Gasteiger charge is 2.47. The van der Waals surface area contributed by atoms with Gasteiger partial charge < -0.3 is 9.80 Å². The lowest BCUT2D eigenvalue weighted by Crippen LogP contribution is -2.29. The summed E-state index contributed by atoms with van der Waals surface area (Å²) in [4.78, 5) is 4.85. The highest BCUT2D eigenvalue weighted by atomic mass is 15.2. The predicted molar refractivity (Wildman–Crippen MR) is 400 cm³/mol. The molecule has 10 aromatic carbocycles. The van der Waals surface area contributed by atoms with Crippen molar-refractivity contribution in [3.8, 4) is 33.4 Å². The Balaban J connectivity index is 0. The Morgan fingerprint density at radius 1 is 0.195 bits per heavy atom. The second-order valence-electron chi connectivity index (χ2n) is 16.1. The van der Waals surface area contributed by atoms with E-state index in [0.29, 0.717) is 0 Å². The Kier molecular flexibility index (Phi) is 46.5. The second-order valence-corrected chi connectivity index (χ2v) is 16.1. The zero-order chi connectivity index (χ0) is 66.0. The Labute approximate surface area is 535 Å². The minimum absolute atomic E-state index is 0.651. The van der Waals surface area contributed by atoms with Crippen molar-refractivity contribution in [2.45, 2.75) is 172 Å². The van der Waals surface area contributed by atoms with E-state index in [0.717, 1.165) is 34.1 Å². The highest BCUT2D eigenvalue weighted by Crippen LogP contribution is 2.59. The predicted octanol–water partition coefficient (Wildman–Crippen LogP) is 28.6. The van der Waals surface area contributed by atoms with Crippen LogP contribution in [0.25, 0.3) is 33.4 Å². The van der Waals surface area contributed by atoms with Gasteiger partial charge in [-0.3, -0.25) is 0 Å². The van der Waals surface area contributed by atoms with Crippen molar-refractivity contribution in [2.75, 3.05) is 9.80 Å². The van der Waals surface area contributed by atoms with Crippen LogP contribution in [0.1, 0.15) is 188 Å². The molecule has 2 heteroatoms. The van der Waals surface area contributed by atoms with Crippen molar-refractivity contribution in [3.05, 3.63) is 289 Å². The van der Waals surface area contributed by atoms with Gasteiger partial charge in [0.1, 0.15) is 0 Å². The molecule has 0 bridgehead atoms. The summed E-state index contributed by atoms with van der Waals surface area (Å²) in [6, 6.07) is 97.0. The molecule has 0 atom stereocenters. The maximum absolute atomic E-state index is 2.46. The summed E-state index contributed by atoms with van der Waals surface area (Å²) in [5.74, 6) is 0. The summed E-state index contributed by atoms with van der Waals surface area (Å²) < 4.78 is 0. The van der Waals surface area contributed by atoms with Gasteiger partial charge in [0.2, 0.25) is 0 Å². The topological polar surface area (TPSA) is 6.48 Å². The molecule has 0 N–H and O–H groups in total. The van der Waals surface area contributed by atoms with Crippen molar-refractivity contribution in [2.24, 2.45) is 0 Å². The molecule has 0 fully saturated rings. The molecular weight excluding hydrogens is 1050 g/mol. The van der Waals surface area contributed by atoms with Crippen LogP contribution in [-0.4, -0.2) is 0 Å². The van der Waals surface area contributed by atoms with Crippen LogP contribution in [-0.2, 0) is 5.41 Å². The molecule has 0 aromatic heterocycles. The summed E-state index contributed by atoms with van der Waals surface area (Å²) in [5, 5.41) is 0. The van der Waals surface area contributed by atoms with Gasteiger partial charge in [0.25, 0.3) is 0 Å². The Morgan fingerprint density at radius 2 is 0.425 bits per heavy atom. The van der Waals surface area contributed by atoms with Crippen LogP contribution < -0.4 is 9.80 Å². The first kappa shape index (κ1) is 80.9. The normalized spacial score (nSPS) is 9.70. The third kappa shape index (κ3) is 20.5. The van der Waals surface area contributed by atoms with Gasteiger partial charge in [-0.1, -0.05) is 372 Å². The molecule has 0 saturated carbocycles. The molecule has 0 unspecified atom stereocenters. The molecular formula is C85H116N2. The van der Waals surface area contributed by atoms with Crippen LogP contribution in [0.5, 0.6) is 0 Å². The summed E-state index contributed by atoms with van der Waals surface area (Å²) >= 11 is 0. The minimum atomic E-state index is -0.651. The van der Waals surface area contributed by atoms with Crippen LogP contribution >= 0.6 is 0 Å². The molecule has 1 aliphatic carbocycles. The molecule has 1 aliphatic rings. The quantitative estimate of drug-likeness (QED) is 0.135. The van der Waals surface area contributed by atoms with Gasteiger partial charge in [0, 0.05) is 33.9 Å². The van der Waals surface area contributed by atoms with E-state index in [1.54, 1.807) is 0 Å². The standard InChI is InChI=1S/C61H44N2.12C2H6/c1-7-23-45(24-8-1)53-35-19-21-37-59(53)62(49-31-15-5-16-32-49)51-39-41-55-56-42-40-52(44-58(56)61(57(55)43-51,47-27-11-3-12-28-47)48-29-13-4-14-30-48)63(50-33-17-6-18-34-50)60-38-22-20-36-54(60)46-25-9-2-10-26-46;12*1-2/h1-44H;12*1-2H3. The first-order valence-electron chi connectivity index (χ1n) is 33.7. The van der Waals surface area contributed by atoms with Crippen LogP contribution in [0.3, 0.4) is 0 Å². The molecule has 0 spiro atoms. The van der Waals surface area contributed by atoms with E-state index < -0.39 is 5.41 Å². The molecule has 0 radical (unpaired) electrons. The van der Waals surface area contributed by atoms with Crippen molar-refractivity contribution in [3.63, 3.8) is 0 Å². The minimum Gasteiger partial charge on any atom is -0.310 e. The Hall–Kier alpha value is -8.20. The summed E-state index contributed by atoms with van der Waals surface area (Å²) in [5.41, 5.74) is 18.1. The Morgan fingerprint density at radius 3 is 0.701 bits per heavy atom. The maximum Gasteiger partial charge on any atom is 0.0715 e. The van der Waals surface area contributed by atoms with E-state index in [9.17, 15) is 0 Å². The molecule has 0 saturated heterocycles. The van der Waals surface area contributed by atoms with Crippen molar-refractivity contribution in [1.82, 2.24) is 0 Å². The monoisotopic (exact) mass is 1160 g/mol. The molecule has 87 heavy (non-hydrogen) atoms. The van der Waals surface area contributed by atoms with E-state index in [2.05, 4.69) is 277 Å². The number of nitrogens with zero attached hydrogens (tertiary/aromatic N) is 2. The number of rotatable bonds is 10. The van der Waals surface area contributed by atoms with Crippen molar-refractivity contribution < 1.29 is 0 Å². The van der Waals surface area contributed by atoms with Gasteiger partial charge in [-0.25, -0.2) is 0 Å². The second kappa shape index (κ2) is 50.0. The molecule has 11 rings (SSSR count). The van der Waals surface area contributed by atoms with E-state index in [4.69, 9.17) is 0 Å². The number of para-hydroxylation sites is 4. The van der Waals surface area contributed by atoms with Gasteiger partial charge in [0.05, 0.1) is 16.8 Å². The average Bonchev–Trinajstić information content (AvgIpc) is 1.57. The maximum atomic E-state index is 2.46. The number of anilines is 6. The Bertz CT molecular complexity index is 2930. The van der Waals surface area contributed by atoms with Crippen LogP contribution in [0.15, 0.2) is 267 Å².